The number of rotatable bonds is 4. The summed E-state index contributed by atoms with van der Waals surface area (Å²) >= 11 is 0. The number of alkyl carbamates (subject to hydrolysis) is 1. The summed E-state index contributed by atoms with van der Waals surface area (Å²) in [6, 6.07) is -1.16. The van der Waals surface area contributed by atoms with E-state index in [2.05, 4.69) is 14.8 Å². The van der Waals surface area contributed by atoms with Gasteiger partial charge in [0.15, 0.2) is 0 Å². The molecule has 0 unspecified atom stereocenters. The predicted octanol–water partition coefficient (Wildman–Crippen LogP) is 0.862. The second kappa shape index (κ2) is 6.96. The molecule has 7 heteroatoms. The highest BCUT2D eigenvalue weighted by Gasteiger charge is 2.34. The van der Waals surface area contributed by atoms with Crippen molar-refractivity contribution in [3.63, 3.8) is 0 Å². The number of methoxy groups -OCH3 is 2. The molecule has 0 heterocycles. The molecule has 0 aromatic carbocycles. The summed E-state index contributed by atoms with van der Waals surface area (Å²) in [5.74, 6) is -2.26. The number of carbonyl (C=O) groups excluding carboxylic acids is 3. The van der Waals surface area contributed by atoms with Crippen molar-refractivity contribution < 1.29 is 28.6 Å². The van der Waals surface area contributed by atoms with Gasteiger partial charge in [0, 0.05) is 0 Å². The molecule has 0 radical (unpaired) electrons. The predicted molar refractivity (Wildman–Crippen MR) is 66.4 cm³/mol. The Kier molecular flexibility index (Phi) is 6.31. The highest BCUT2D eigenvalue weighted by Crippen LogP contribution is 2.11. The molecule has 0 saturated carbocycles. The van der Waals surface area contributed by atoms with Gasteiger partial charge in [-0.2, -0.15) is 0 Å². The number of carbonyl (C=O) groups is 3. The van der Waals surface area contributed by atoms with Gasteiger partial charge < -0.3 is 19.5 Å². The van der Waals surface area contributed by atoms with Gasteiger partial charge in [-0.25, -0.2) is 9.59 Å². The monoisotopic (exact) mass is 275 g/mol. The lowest BCUT2D eigenvalue weighted by atomic mass is 10.0. The van der Waals surface area contributed by atoms with Crippen LogP contribution in [0.1, 0.15) is 27.7 Å². The summed E-state index contributed by atoms with van der Waals surface area (Å²) in [6.45, 7) is 6.50. The van der Waals surface area contributed by atoms with E-state index in [1.165, 1.54) is 14.0 Å². The zero-order valence-electron chi connectivity index (χ0n) is 12.1. The lowest BCUT2D eigenvalue weighted by Crippen LogP contribution is -2.49. The molecule has 0 spiro atoms. The van der Waals surface area contributed by atoms with E-state index in [-0.39, 0.29) is 0 Å². The molecule has 0 aliphatic heterocycles. The fourth-order valence-electron chi connectivity index (χ4n) is 1.27. The molecule has 0 aliphatic rings. The first-order chi connectivity index (χ1) is 8.62. The number of esters is 2. The SMILES string of the molecule is COC(=O)[C@@H](C)[C@H](NC(=O)OC(C)(C)C)C(=O)OC. The molecule has 19 heavy (non-hydrogen) atoms. The van der Waals surface area contributed by atoms with Crippen LogP contribution in [0.3, 0.4) is 0 Å². The number of nitrogens with one attached hydrogen (secondary N) is 1. The molecule has 110 valence electrons. The maximum absolute atomic E-state index is 11.6. The summed E-state index contributed by atoms with van der Waals surface area (Å²) in [5, 5.41) is 2.30. The number of hydrogen-bond acceptors (Lipinski definition) is 6. The number of amides is 1. The first kappa shape index (κ1) is 17.2. The molecular weight excluding hydrogens is 254 g/mol. The van der Waals surface area contributed by atoms with Crippen LogP contribution in [-0.4, -0.2) is 43.9 Å². The highest BCUT2D eigenvalue weighted by atomic mass is 16.6. The highest BCUT2D eigenvalue weighted by molar-refractivity contribution is 5.87. The van der Waals surface area contributed by atoms with Crippen molar-refractivity contribution >= 4 is 18.0 Å². The van der Waals surface area contributed by atoms with Crippen LogP contribution >= 0.6 is 0 Å². The van der Waals surface area contributed by atoms with Crippen LogP contribution in [0, 0.1) is 5.92 Å². The Morgan fingerprint density at radius 2 is 1.47 bits per heavy atom. The van der Waals surface area contributed by atoms with Crippen molar-refractivity contribution in [1.29, 1.82) is 0 Å². The van der Waals surface area contributed by atoms with E-state index in [4.69, 9.17) is 4.74 Å². The second-order valence-corrected chi connectivity index (χ2v) is 4.96. The third kappa shape index (κ3) is 6.08. The van der Waals surface area contributed by atoms with Crippen LogP contribution in [0.4, 0.5) is 4.79 Å². The van der Waals surface area contributed by atoms with Crippen LogP contribution in [0.25, 0.3) is 0 Å². The van der Waals surface area contributed by atoms with E-state index in [1.54, 1.807) is 20.8 Å². The van der Waals surface area contributed by atoms with E-state index in [0.717, 1.165) is 7.11 Å². The smallest absolute Gasteiger partial charge is 0.408 e. The van der Waals surface area contributed by atoms with Crippen molar-refractivity contribution in [2.24, 2.45) is 5.92 Å². The van der Waals surface area contributed by atoms with Gasteiger partial charge >= 0.3 is 18.0 Å². The van der Waals surface area contributed by atoms with Gasteiger partial charge in [0.2, 0.25) is 0 Å². The third-order valence-corrected chi connectivity index (χ3v) is 2.20. The van der Waals surface area contributed by atoms with Crippen molar-refractivity contribution in [3.05, 3.63) is 0 Å². The summed E-state index contributed by atoms with van der Waals surface area (Å²) in [4.78, 5) is 34.6. The minimum Gasteiger partial charge on any atom is -0.469 e. The lowest BCUT2D eigenvalue weighted by Gasteiger charge is -2.24. The van der Waals surface area contributed by atoms with Crippen LogP contribution in [-0.2, 0) is 23.8 Å². The largest absolute Gasteiger partial charge is 0.469 e. The summed E-state index contributed by atoms with van der Waals surface area (Å²) < 4.78 is 14.1. The Labute approximate surface area is 112 Å². The maximum Gasteiger partial charge on any atom is 0.408 e. The Hall–Kier alpha value is -1.79. The number of hydrogen-bond donors (Lipinski definition) is 1. The Morgan fingerprint density at radius 1 is 1.00 bits per heavy atom. The van der Waals surface area contributed by atoms with Gasteiger partial charge in [-0.3, -0.25) is 4.79 Å². The standard InChI is InChI=1S/C12H21NO6/c1-7(9(14)17-5)8(10(15)18-6)13-11(16)19-12(2,3)4/h7-8H,1-6H3,(H,13,16)/t7-,8-/m0/s1. The topological polar surface area (TPSA) is 90.9 Å². The van der Waals surface area contributed by atoms with E-state index in [0.29, 0.717) is 0 Å². The number of ether oxygens (including phenoxy) is 3. The van der Waals surface area contributed by atoms with E-state index < -0.39 is 35.6 Å². The van der Waals surface area contributed by atoms with Crippen LogP contribution in [0.15, 0.2) is 0 Å². The molecule has 0 saturated heterocycles. The first-order valence-electron chi connectivity index (χ1n) is 5.77. The Balaban J connectivity index is 4.84. The van der Waals surface area contributed by atoms with Gasteiger partial charge in [0.25, 0.3) is 0 Å². The van der Waals surface area contributed by atoms with E-state index in [1.807, 2.05) is 0 Å². The zero-order chi connectivity index (χ0) is 15.2. The molecular formula is C12H21NO6. The van der Waals surface area contributed by atoms with Gasteiger partial charge in [0.05, 0.1) is 20.1 Å². The summed E-state index contributed by atoms with van der Waals surface area (Å²) in [5.41, 5.74) is -0.709. The van der Waals surface area contributed by atoms with E-state index >= 15 is 0 Å². The molecule has 0 aromatic rings. The van der Waals surface area contributed by atoms with Crippen LogP contribution < -0.4 is 5.32 Å². The molecule has 1 N–H and O–H groups in total. The Bertz CT molecular complexity index is 347. The van der Waals surface area contributed by atoms with Gasteiger partial charge in [-0.1, -0.05) is 0 Å². The molecule has 2 atom stereocenters. The summed E-state index contributed by atoms with van der Waals surface area (Å²) in [7, 11) is 2.36. The fourth-order valence-corrected chi connectivity index (χ4v) is 1.27. The minimum absolute atomic E-state index is 0.633. The van der Waals surface area contributed by atoms with Gasteiger partial charge in [-0.05, 0) is 27.7 Å². The molecule has 1 amide bonds. The molecule has 0 rings (SSSR count). The Morgan fingerprint density at radius 3 is 1.84 bits per heavy atom. The molecule has 0 aromatic heterocycles. The van der Waals surface area contributed by atoms with Crippen LogP contribution in [0.5, 0.6) is 0 Å². The molecule has 0 aliphatic carbocycles. The molecule has 0 bridgehead atoms. The quantitative estimate of drug-likeness (QED) is 0.604. The molecule has 0 fully saturated rings. The second-order valence-electron chi connectivity index (χ2n) is 4.96. The summed E-state index contributed by atoms with van der Waals surface area (Å²) in [6.07, 6.45) is -0.807. The fraction of sp³-hybridized carbons (Fsp3) is 0.750. The van der Waals surface area contributed by atoms with E-state index in [9.17, 15) is 14.4 Å². The average molecular weight is 275 g/mol. The van der Waals surface area contributed by atoms with Crippen molar-refractivity contribution in [1.82, 2.24) is 5.32 Å². The zero-order valence-corrected chi connectivity index (χ0v) is 12.1. The van der Waals surface area contributed by atoms with Gasteiger partial charge in [-0.15, -0.1) is 0 Å². The first-order valence-corrected chi connectivity index (χ1v) is 5.77. The van der Waals surface area contributed by atoms with Crippen LogP contribution in [0.2, 0.25) is 0 Å². The van der Waals surface area contributed by atoms with Crippen molar-refractivity contribution in [3.8, 4) is 0 Å². The van der Waals surface area contributed by atoms with Crippen molar-refractivity contribution in [2.45, 2.75) is 39.3 Å². The lowest BCUT2D eigenvalue weighted by molar-refractivity contribution is -0.153. The minimum atomic E-state index is -1.16. The van der Waals surface area contributed by atoms with Crippen molar-refractivity contribution in [2.75, 3.05) is 14.2 Å². The average Bonchev–Trinajstić information content (AvgIpc) is 2.30. The maximum atomic E-state index is 11.6. The van der Waals surface area contributed by atoms with Gasteiger partial charge in [0.1, 0.15) is 11.6 Å². The normalized spacial score (nSPS) is 14.0. The molecule has 7 nitrogen and oxygen atoms in total. The third-order valence-electron chi connectivity index (χ3n) is 2.20.